The van der Waals surface area contributed by atoms with Crippen molar-refractivity contribution in [3.8, 4) is 11.5 Å². The number of benzene rings is 1. The molecule has 0 bridgehead atoms. The molecule has 1 fully saturated rings. The zero-order valence-corrected chi connectivity index (χ0v) is 17.1. The van der Waals surface area contributed by atoms with E-state index in [0.717, 1.165) is 19.4 Å². The largest absolute Gasteiger partial charge is 0.420 e. The van der Waals surface area contributed by atoms with Crippen molar-refractivity contribution < 1.29 is 22.8 Å². The van der Waals surface area contributed by atoms with Gasteiger partial charge in [0.15, 0.2) is 0 Å². The van der Waals surface area contributed by atoms with Gasteiger partial charge in [0.2, 0.25) is 17.2 Å². The normalized spacial score (nSPS) is 17.4. The van der Waals surface area contributed by atoms with E-state index in [1.54, 1.807) is 38.1 Å². The molecule has 0 unspecified atom stereocenters. The van der Waals surface area contributed by atoms with E-state index in [1.807, 2.05) is 0 Å². The fourth-order valence-electron chi connectivity index (χ4n) is 2.84. The van der Waals surface area contributed by atoms with E-state index >= 15 is 0 Å². The van der Waals surface area contributed by atoms with Gasteiger partial charge >= 0.3 is 7.60 Å². The third-order valence-electron chi connectivity index (χ3n) is 4.07. The van der Waals surface area contributed by atoms with Crippen LogP contribution in [0.25, 0.3) is 11.5 Å². The predicted molar refractivity (Wildman–Crippen MR) is 105 cm³/mol. The van der Waals surface area contributed by atoms with Gasteiger partial charge in [0, 0.05) is 23.7 Å². The number of halogens is 1. The molecule has 1 aliphatic heterocycles. The summed E-state index contributed by atoms with van der Waals surface area (Å²) in [5, 5.41) is 3.77. The Hall–Kier alpha value is -1.37. The van der Waals surface area contributed by atoms with E-state index in [9.17, 15) is 4.57 Å². The second kappa shape index (κ2) is 9.22. The molecule has 0 saturated carbocycles. The minimum Gasteiger partial charge on any atom is -0.420 e. The number of hydrogen-bond acceptors (Lipinski definition) is 7. The van der Waals surface area contributed by atoms with E-state index < -0.39 is 7.60 Å². The Bertz CT molecular complexity index is 780. The number of hydrogen-bond donors (Lipinski definition) is 1. The Labute approximate surface area is 163 Å². The fraction of sp³-hybridized carbons (Fsp3) is 0.500. The summed E-state index contributed by atoms with van der Waals surface area (Å²) in [6.07, 6.45) is 2.08. The molecule has 148 valence electrons. The summed E-state index contributed by atoms with van der Waals surface area (Å²) in [6, 6.07) is 7.05. The van der Waals surface area contributed by atoms with Gasteiger partial charge in [-0.2, -0.15) is 4.98 Å². The number of nitrogens with zero attached hydrogens (tertiary/aromatic N) is 1. The molecule has 1 aromatic heterocycles. The van der Waals surface area contributed by atoms with Gasteiger partial charge in [-0.3, -0.25) is 4.57 Å². The van der Waals surface area contributed by atoms with Crippen LogP contribution in [-0.4, -0.2) is 37.5 Å². The van der Waals surface area contributed by atoms with Crippen LogP contribution < -0.4 is 10.8 Å². The van der Waals surface area contributed by atoms with E-state index in [0.29, 0.717) is 23.0 Å². The molecule has 1 aliphatic rings. The van der Waals surface area contributed by atoms with E-state index in [-0.39, 0.29) is 30.6 Å². The van der Waals surface area contributed by atoms with E-state index in [2.05, 4.69) is 10.3 Å². The van der Waals surface area contributed by atoms with Crippen LogP contribution in [0.15, 0.2) is 28.7 Å². The van der Waals surface area contributed by atoms with Crippen molar-refractivity contribution in [3.05, 3.63) is 29.3 Å². The monoisotopic (exact) mass is 414 g/mol. The number of ether oxygens (including phenoxy) is 1. The highest BCUT2D eigenvalue weighted by Gasteiger charge is 2.36. The van der Waals surface area contributed by atoms with Crippen molar-refractivity contribution in [2.45, 2.75) is 32.8 Å². The summed E-state index contributed by atoms with van der Waals surface area (Å²) in [4.78, 5) is 4.44. The summed E-state index contributed by atoms with van der Waals surface area (Å²) >= 11 is 5.95. The van der Waals surface area contributed by atoms with Crippen molar-refractivity contribution in [2.24, 2.45) is 0 Å². The van der Waals surface area contributed by atoms with Gasteiger partial charge in [0.05, 0.1) is 19.3 Å². The molecule has 3 rings (SSSR count). The first kappa shape index (κ1) is 20.4. The Kier molecular flexibility index (Phi) is 6.95. The number of aromatic nitrogens is 1. The Morgan fingerprint density at radius 1 is 1.26 bits per heavy atom. The van der Waals surface area contributed by atoms with Gasteiger partial charge in [-0.25, -0.2) is 0 Å². The van der Waals surface area contributed by atoms with Crippen molar-refractivity contribution in [2.75, 3.05) is 31.7 Å². The van der Waals surface area contributed by atoms with Crippen molar-refractivity contribution in [1.29, 1.82) is 0 Å². The zero-order valence-electron chi connectivity index (χ0n) is 15.4. The SMILES string of the molecule is CCOP(=O)(OCC)c1nc(-c2ccc(Cl)cc2)oc1NC[C@H]1CCCO1. The van der Waals surface area contributed by atoms with Crippen LogP contribution in [0.1, 0.15) is 26.7 Å². The third kappa shape index (κ3) is 4.92. The molecule has 1 saturated heterocycles. The predicted octanol–water partition coefficient (Wildman–Crippen LogP) is 4.48. The molecular weight excluding hydrogens is 391 g/mol. The Morgan fingerprint density at radius 2 is 1.96 bits per heavy atom. The van der Waals surface area contributed by atoms with Crippen LogP contribution in [0.4, 0.5) is 5.88 Å². The van der Waals surface area contributed by atoms with Gasteiger partial charge in [-0.05, 0) is 51.0 Å². The van der Waals surface area contributed by atoms with Crippen LogP contribution in [0.3, 0.4) is 0 Å². The zero-order chi connectivity index (χ0) is 19.3. The molecule has 1 aromatic carbocycles. The summed E-state index contributed by atoms with van der Waals surface area (Å²) in [5.41, 5.74) is 0.861. The maximum absolute atomic E-state index is 13.3. The van der Waals surface area contributed by atoms with E-state index in [1.165, 1.54) is 0 Å². The second-order valence-corrected chi connectivity index (χ2v) is 8.40. The van der Waals surface area contributed by atoms with Crippen LogP contribution in [0.5, 0.6) is 0 Å². The molecule has 27 heavy (non-hydrogen) atoms. The standard InChI is InChI=1S/C18H24ClN2O5P/c1-3-24-27(22,25-4-2)18-17(20-12-15-6-5-11-23-15)26-16(21-18)13-7-9-14(19)10-8-13/h7-10,15,20H,3-6,11-12H2,1-2H3/t15-/m1/s1. The average Bonchev–Trinajstić information content (AvgIpc) is 3.31. The molecule has 2 aromatic rings. The quantitative estimate of drug-likeness (QED) is 0.606. The molecule has 1 N–H and O–H groups in total. The topological polar surface area (TPSA) is 82.8 Å². The third-order valence-corrected chi connectivity index (χ3v) is 6.34. The first-order valence-electron chi connectivity index (χ1n) is 9.07. The van der Waals surface area contributed by atoms with Crippen molar-refractivity contribution in [3.63, 3.8) is 0 Å². The summed E-state index contributed by atoms with van der Waals surface area (Å²) < 4.78 is 35.7. The Morgan fingerprint density at radius 3 is 2.56 bits per heavy atom. The van der Waals surface area contributed by atoms with Gasteiger partial charge < -0.3 is 23.5 Å². The second-order valence-electron chi connectivity index (χ2n) is 6.03. The molecule has 1 atom stereocenters. The fourth-order valence-corrected chi connectivity index (χ4v) is 4.55. The molecule has 0 radical (unpaired) electrons. The smallest absolute Gasteiger partial charge is 0.385 e. The highest BCUT2D eigenvalue weighted by atomic mass is 35.5. The molecule has 0 amide bonds. The first-order chi connectivity index (χ1) is 13.1. The minimum absolute atomic E-state index is 0.0838. The highest BCUT2D eigenvalue weighted by Crippen LogP contribution is 2.49. The summed E-state index contributed by atoms with van der Waals surface area (Å²) in [7, 11) is -3.61. The van der Waals surface area contributed by atoms with Gasteiger partial charge in [0.1, 0.15) is 0 Å². The lowest BCUT2D eigenvalue weighted by Gasteiger charge is -2.16. The minimum atomic E-state index is -3.61. The molecule has 7 nitrogen and oxygen atoms in total. The Balaban J connectivity index is 1.94. The molecular formula is C18H24ClN2O5P. The van der Waals surface area contributed by atoms with Gasteiger partial charge in [-0.1, -0.05) is 11.6 Å². The lowest BCUT2D eigenvalue weighted by molar-refractivity contribution is 0.120. The number of oxazole rings is 1. The van der Waals surface area contributed by atoms with Gasteiger partial charge in [-0.15, -0.1) is 0 Å². The van der Waals surface area contributed by atoms with Crippen LogP contribution in [0.2, 0.25) is 5.02 Å². The van der Waals surface area contributed by atoms with Crippen molar-refractivity contribution >= 4 is 30.5 Å². The van der Waals surface area contributed by atoms with Crippen LogP contribution in [0, 0.1) is 0 Å². The summed E-state index contributed by atoms with van der Waals surface area (Å²) in [6.45, 7) is 5.25. The maximum Gasteiger partial charge on any atom is 0.385 e. The first-order valence-corrected chi connectivity index (χ1v) is 11.0. The van der Waals surface area contributed by atoms with Crippen LogP contribution >= 0.6 is 19.2 Å². The highest BCUT2D eigenvalue weighted by molar-refractivity contribution is 7.62. The van der Waals surface area contributed by atoms with Crippen molar-refractivity contribution in [1.82, 2.24) is 4.98 Å². The number of anilines is 1. The summed E-state index contributed by atoms with van der Waals surface area (Å²) in [5.74, 6) is 0.594. The van der Waals surface area contributed by atoms with Crippen LogP contribution in [-0.2, 0) is 18.3 Å². The molecule has 9 heteroatoms. The number of nitrogens with one attached hydrogen (secondary N) is 1. The lowest BCUT2D eigenvalue weighted by atomic mass is 10.2. The molecule has 2 heterocycles. The maximum atomic E-state index is 13.3. The van der Waals surface area contributed by atoms with E-state index in [4.69, 9.17) is 29.8 Å². The number of rotatable bonds is 9. The molecule has 0 spiro atoms. The lowest BCUT2D eigenvalue weighted by Crippen LogP contribution is -2.22. The average molecular weight is 415 g/mol. The van der Waals surface area contributed by atoms with Gasteiger partial charge in [0.25, 0.3) is 0 Å². The molecule has 0 aliphatic carbocycles.